The Morgan fingerprint density at radius 1 is 1.08 bits per heavy atom. The first kappa shape index (κ1) is 31.3. The van der Waals surface area contributed by atoms with Crippen LogP contribution in [0.5, 0.6) is 0 Å². The average molecular weight is 546 g/mol. The Kier molecular flexibility index (Phi) is 10.1. The Morgan fingerprint density at radius 3 is 2.31 bits per heavy atom. The van der Waals surface area contributed by atoms with Crippen molar-refractivity contribution < 1.29 is 24.2 Å². The average Bonchev–Trinajstić information content (AvgIpc) is 3.49. The number of aliphatic hydroxyl groups is 1. The lowest BCUT2D eigenvalue weighted by Gasteiger charge is -2.42. The molecule has 2 unspecified atom stereocenters. The van der Waals surface area contributed by atoms with Gasteiger partial charge in [-0.2, -0.15) is 0 Å². The van der Waals surface area contributed by atoms with Crippen molar-refractivity contribution in [3.05, 3.63) is 25.3 Å². The SMILES string of the molecule is C=CCN(CCC)C(=O)[C@H]1[C@H]2C(=O)N(CCCCCCO)C(C(=O)N(CC=C)C(C)(C)C)C23CC[C@]1(CC)O3. The smallest absolute Gasteiger partial charge is 0.249 e. The number of hydrogen-bond acceptors (Lipinski definition) is 5. The quantitative estimate of drug-likeness (QED) is 0.249. The summed E-state index contributed by atoms with van der Waals surface area (Å²) in [4.78, 5) is 48.3. The summed E-state index contributed by atoms with van der Waals surface area (Å²) in [7, 11) is 0. The highest BCUT2D eigenvalue weighted by atomic mass is 16.5. The predicted octanol–water partition coefficient (Wildman–Crippen LogP) is 3.93. The van der Waals surface area contributed by atoms with Crippen molar-refractivity contribution in [1.29, 1.82) is 0 Å². The van der Waals surface area contributed by atoms with E-state index in [-0.39, 0.29) is 24.3 Å². The van der Waals surface area contributed by atoms with E-state index in [9.17, 15) is 14.4 Å². The first-order valence-corrected chi connectivity index (χ1v) is 14.9. The number of fused-ring (bicyclic) bond motifs is 1. The summed E-state index contributed by atoms with van der Waals surface area (Å²) < 4.78 is 6.94. The molecule has 3 saturated heterocycles. The molecule has 0 saturated carbocycles. The molecule has 0 radical (unpaired) electrons. The Labute approximate surface area is 235 Å². The van der Waals surface area contributed by atoms with Crippen molar-refractivity contribution in [3.8, 4) is 0 Å². The summed E-state index contributed by atoms with van der Waals surface area (Å²) in [5.74, 6) is -1.63. The Morgan fingerprint density at radius 2 is 1.74 bits per heavy atom. The van der Waals surface area contributed by atoms with Crippen molar-refractivity contribution in [2.45, 2.75) is 109 Å². The number of likely N-dealkylation sites (tertiary alicyclic amines) is 1. The number of carbonyl (C=O) groups excluding carboxylic acids is 3. The lowest BCUT2D eigenvalue weighted by Crippen LogP contribution is -2.60. The summed E-state index contributed by atoms with van der Waals surface area (Å²) in [5.41, 5.74) is -2.25. The molecule has 3 aliphatic rings. The normalized spacial score (nSPS) is 29.4. The van der Waals surface area contributed by atoms with Gasteiger partial charge in [0, 0.05) is 38.3 Å². The van der Waals surface area contributed by atoms with Crippen LogP contribution in [0.15, 0.2) is 25.3 Å². The molecule has 1 spiro atoms. The van der Waals surface area contributed by atoms with Gasteiger partial charge in [0.15, 0.2) is 0 Å². The van der Waals surface area contributed by atoms with E-state index in [1.165, 1.54) is 0 Å². The van der Waals surface area contributed by atoms with E-state index in [0.29, 0.717) is 45.4 Å². The number of hydrogen-bond donors (Lipinski definition) is 1. The second-order valence-electron chi connectivity index (χ2n) is 12.5. The third kappa shape index (κ3) is 5.56. The van der Waals surface area contributed by atoms with Crippen LogP contribution < -0.4 is 0 Å². The zero-order chi connectivity index (χ0) is 29.0. The summed E-state index contributed by atoms with van der Waals surface area (Å²) in [5, 5.41) is 9.17. The number of rotatable bonds is 15. The lowest BCUT2D eigenvalue weighted by atomic mass is 9.64. The van der Waals surface area contributed by atoms with Crippen LogP contribution in [-0.2, 0) is 19.1 Å². The van der Waals surface area contributed by atoms with Crippen LogP contribution in [0.25, 0.3) is 0 Å². The summed E-state index contributed by atoms with van der Waals surface area (Å²) in [6, 6.07) is -0.780. The molecule has 3 rings (SSSR count). The minimum absolute atomic E-state index is 0.0618. The van der Waals surface area contributed by atoms with Crippen LogP contribution in [0.1, 0.15) is 86.0 Å². The maximum absolute atomic E-state index is 14.5. The van der Waals surface area contributed by atoms with E-state index in [1.807, 2.05) is 34.6 Å². The van der Waals surface area contributed by atoms with Gasteiger partial charge in [-0.1, -0.05) is 38.8 Å². The summed E-state index contributed by atoms with van der Waals surface area (Å²) >= 11 is 0. The molecular formula is C31H51N3O5. The van der Waals surface area contributed by atoms with Crippen molar-refractivity contribution in [3.63, 3.8) is 0 Å². The second kappa shape index (κ2) is 12.5. The number of aliphatic hydroxyl groups excluding tert-OH is 1. The highest BCUT2D eigenvalue weighted by molar-refractivity contribution is 5.99. The maximum Gasteiger partial charge on any atom is 0.249 e. The number of carbonyl (C=O) groups is 3. The molecule has 0 aromatic carbocycles. The molecule has 3 fully saturated rings. The van der Waals surface area contributed by atoms with Gasteiger partial charge in [-0.3, -0.25) is 14.4 Å². The molecule has 39 heavy (non-hydrogen) atoms. The predicted molar refractivity (Wildman–Crippen MR) is 153 cm³/mol. The highest BCUT2D eigenvalue weighted by Gasteiger charge is 2.79. The molecule has 3 amide bonds. The highest BCUT2D eigenvalue weighted by Crippen LogP contribution is 2.64. The Balaban J connectivity index is 2.08. The molecule has 1 N–H and O–H groups in total. The number of nitrogens with zero attached hydrogens (tertiary/aromatic N) is 3. The Bertz CT molecular complexity index is 930. The van der Waals surface area contributed by atoms with Gasteiger partial charge >= 0.3 is 0 Å². The van der Waals surface area contributed by atoms with Crippen molar-refractivity contribution in [1.82, 2.24) is 14.7 Å². The first-order chi connectivity index (χ1) is 18.5. The largest absolute Gasteiger partial charge is 0.396 e. The fraction of sp³-hybridized carbons (Fsp3) is 0.774. The maximum atomic E-state index is 14.5. The van der Waals surface area contributed by atoms with Gasteiger partial charge in [0.05, 0.1) is 17.4 Å². The summed E-state index contributed by atoms with van der Waals surface area (Å²) in [6.07, 6.45) is 9.26. The fourth-order valence-corrected chi connectivity index (χ4v) is 7.25. The molecule has 0 aliphatic carbocycles. The number of ether oxygens (including phenoxy) is 1. The zero-order valence-corrected chi connectivity index (χ0v) is 24.9. The van der Waals surface area contributed by atoms with Gasteiger partial charge in [-0.25, -0.2) is 0 Å². The summed E-state index contributed by atoms with van der Waals surface area (Å²) in [6.45, 7) is 19.7. The molecular weight excluding hydrogens is 494 g/mol. The minimum Gasteiger partial charge on any atom is -0.396 e. The first-order valence-electron chi connectivity index (χ1n) is 14.9. The van der Waals surface area contributed by atoms with Crippen molar-refractivity contribution in [2.24, 2.45) is 11.8 Å². The van der Waals surface area contributed by atoms with E-state index in [0.717, 1.165) is 32.1 Å². The number of unbranched alkanes of at least 4 members (excludes halogenated alkanes) is 3. The lowest BCUT2D eigenvalue weighted by molar-refractivity contribution is -0.157. The molecule has 5 atom stereocenters. The van der Waals surface area contributed by atoms with Crippen LogP contribution in [0.4, 0.5) is 0 Å². The van der Waals surface area contributed by atoms with Gasteiger partial charge in [-0.05, 0) is 59.3 Å². The Hall–Kier alpha value is -2.19. The third-order valence-electron chi connectivity index (χ3n) is 9.03. The second-order valence-corrected chi connectivity index (χ2v) is 12.5. The van der Waals surface area contributed by atoms with Crippen LogP contribution >= 0.6 is 0 Å². The van der Waals surface area contributed by atoms with E-state index in [4.69, 9.17) is 9.84 Å². The fourth-order valence-electron chi connectivity index (χ4n) is 7.25. The van der Waals surface area contributed by atoms with Gasteiger partial charge in [0.1, 0.15) is 11.6 Å². The third-order valence-corrected chi connectivity index (χ3v) is 9.03. The van der Waals surface area contributed by atoms with E-state index >= 15 is 0 Å². The van der Waals surface area contributed by atoms with Crippen LogP contribution in [0.2, 0.25) is 0 Å². The molecule has 2 bridgehead atoms. The van der Waals surface area contributed by atoms with E-state index < -0.39 is 34.6 Å². The van der Waals surface area contributed by atoms with Crippen molar-refractivity contribution in [2.75, 3.05) is 32.8 Å². The minimum atomic E-state index is -1.02. The van der Waals surface area contributed by atoms with Crippen molar-refractivity contribution >= 4 is 17.7 Å². The van der Waals surface area contributed by atoms with Crippen LogP contribution in [0, 0.1) is 11.8 Å². The molecule has 0 aromatic rings. The van der Waals surface area contributed by atoms with Gasteiger partial charge in [0.25, 0.3) is 0 Å². The van der Waals surface area contributed by atoms with Crippen LogP contribution in [0.3, 0.4) is 0 Å². The zero-order valence-electron chi connectivity index (χ0n) is 24.9. The molecule has 0 aromatic heterocycles. The molecule has 8 nitrogen and oxygen atoms in total. The standard InChI is InChI=1S/C31H51N3O5/c1-8-18-32(19-9-2)26(36)23-24-27(37)33(21-14-12-13-15-22-35)25(28(38)34(20-10-3)29(5,6)7)31(24)17-16-30(23,11-4)39-31/h8,10,23-25,35H,1,3,9,11-22H2,2,4-7H3/t23-,24+,25?,30+,31?/m1/s1. The molecule has 3 heterocycles. The molecule has 8 heteroatoms. The van der Waals surface area contributed by atoms with Gasteiger partial charge in [-0.15, -0.1) is 13.2 Å². The number of amides is 3. The van der Waals surface area contributed by atoms with E-state index in [1.54, 1.807) is 26.9 Å². The van der Waals surface area contributed by atoms with Gasteiger partial charge in [0.2, 0.25) is 17.7 Å². The van der Waals surface area contributed by atoms with E-state index in [2.05, 4.69) is 13.2 Å². The topological polar surface area (TPSA) is 90.4 Å². The molecule has 220 valence electrons. The molecule has 3 aliphatic heterocycles. The van der Waals surface area contributed by atoms with Gasteiger partial charge < -0.3 is 24.5 Å². The van der Waals surface area contributed by atoms with Crippen LogP contribution in [-0.4, -0.2) is 93.1 Å². The monoisotopic (exact) mass is 545 g/mol.